The minimum atomic E-state index is -0.883. The van der Waals surface area contributed by atoms with Gasteiger partial charge in [0, 0.05) is 18.6 Å². The second kappa shape index (κ2) is 6.09. The van der Waals surface area contributed by atoms with Gasteiger partial charge in [0.05, 0.1) is 0 Å². The molecule has 2 aliphatic rings. The lowest BCUT2D eigenvalue weighted by Gasteiger charge is -2.43. The molecule has 2 fully saturated rings. The van der Waals surface area contributed by atoms with Gasteiger partial charge in [-0.1, -0.05) is 20.8 Å². The maximum Gasteiger partial charge on any atom is 0.325 e. The van der Waals surface area contributed by atoms with E-state index in [-0.39, 0.29) is 17.9 Å². The number of nitrogens with zero attached hydrogens (tertiary/aromatic N) is 3. The highest BCUT2D eigenvalue weighted by Gasteiger charge is 2.56. The average Bonchev–Trinajstić information content (AvgIpc) is 2.94. The smallest absolute Gasteiger partial charge is 0.325 e. The van der Waals surface area contributed by atoms with Crippen molar-refractivity contribution in [3.63, 3.8) is 0 Å². The molecular weight excluding hydrogens is 340 g/mol. The molecule has 3 rings (SSSR count). The number of hydrogen-bond donors (Lipinski definition) is 1. The topological polar surface area (TPSA) is 83.8 Å². The van der Waals surface area contributed by atoms with Crippen molar-refractivity contribution in [2.45, 2.75) is 45.6 Å². The summed E-state index contributed by atoms with van der Waals surface area (Å²) in [5, 5.41) is 4.69. The largest absolute Gasteiger partial charge is 0.327 e. The fraction of sp³-hybridized carbons (Fsp3) is 0.647. The first-order chi connectivity index (χ1) is 11.6. The van der Waals surface area contributed by atoms with E-state index >= 15 is 0 Å². The van der Waals surface area contributed by atoms with E-state index in [0.717, 1.165) is 11.3 Å². The Morgan fingerprint density at radius 2 is 2.12 bits per heavy atom. The van der Waals surface area contributed by atoms with Crippen molar-refractivity contribution >= 4 is 29.2 Å². The first-order valence-corrected chi connectivity index (χ1v) is 9.32. The van der Waals surface area contributed by atoms with Crippen molar-refractivity contribution in [3.8, 4) is 0 Å². The van der Waals surface area contributed by atoms with Gasteiger partial charge in [0.15, 0.2) is 4.80 Å². The Bertz CT molecular complexity index is 794. The number of aromatic nitrogens is 1. The van der Waals surface area contributed by atoms with Crippen molar-refractivity contribution < 1.29 is 14.4 Å². The van der Waals surface area contributed by atoms with Crippen LogP contribution in [0.15, 0.2) is 16.6 Å². The monoisotopic (exact) mass is 364 g/mol. The summed E-state index contributed by atoms with van der Waals surface area (Å²) in [6.45, 7) is 6.01. The lowest BCUT2D eigenvalue weighted by Crippen LogP contribution is -2.54. The maximum absolute atomic E-state index is 13.0. The summed E-state index contributed by atoms with van der Waals surface area (Å²) in [7, 11) is 1.79. The fourth-order valence-electron chi connectivity index (χ4n) is 4.36. The van der Waals surface area contributed by atoms with E-state index in [4.69, 9.17) is 0 Å². The standard InChI is InChI=1S/C17H24N4O3S/c1-11-7-16(2,3)10-17(8-11)13(23)21(14(24)19-17)9-12(22)18-15-20(4)5-6-25-15/h5-6,11H,7-10H2,1-4H3,(H,19,24). The fourth-order valence-corrected chi connectivity index (χ4v) is 5.11. The van der Waals surface area contributed by atoms with Crippen LogP contribution < -0.4 is 10.1 Å². The maximum atomic E-state index is 13.0. The minimum absolute atomic E-state index is 0.0320. The van der Waals surface area contributed by atoms with Crippen molar-refractivity contribution in [1.82, 2.24) is 14.8 Å². The van der Waals surface area contributed by atoms with Crippen LogP contribution in [-0.2, 0) is 16.6 Å². The molecule has 1 spiro atoms. The summed E-state index contributed by atoms with van der Waals surface area (Å²) in [5.41, 5.74) is -0.915. The number of thiazole rings is 1. The zero-order chi connectivity index (χ0) is 18.4. The quantitative estimate of drug-likeness (QED) is 0.810. The molecule has 0 aromatic carbocycles. The van der Waals surface area contributed by atoms with Gasteiger partial charge in [-0.05, 0) is 30.6 Å². The van der Waals surface area contributed by atoms with Gasteiger partial charge in [-0.3, -0.25) is 14.5 Å². The predicted molar refractivity (Wildman–Crippen MR) is 93.6 cm³/mol. The molecule has 4 amide bonds. The zero-order valence-electron chi connectivity index (χ0n) is 15.0. The van der Waals surface area contributed by atoms with E-state index in [2.05, 4.69) is 31.1 Å². The van der Waals surface area contributed by atoms with Crippen molar-refractivity contribution in [2.24, 2.45) is 23.4 Å². The van der Waals surface area contributed by atoms with E-state index in [9.17, 15) is 14.4 Å². The SMILES string of the molecule is CC1CC(C)(C)CC2(C1)NC(=O)N(CC(=O)N=c1sccn1C)C2=O. The normalized spacial score (nSPS) is 29.4. The van der Waals surface area contributed by atoms with Gasteiger partial charge in [0.25, 0.3) is 11.8 Å². The summed E-state index contributed by atoms with van der Waals surface area (Å²) in [6.07, 6.45) is 4.02. The van der Waals surface area contributed by atoms with Gasteiger partial charge in [-0.2, -0.15) is 4.99 Å². The minimum Gasteiger partial charge on any atom is -0.327 e. The molecule has 1 aliphatic carbocycles. The molecule has 1 saturated carbocycles. The number of carbonyl (C=O) groups is 3. The summed E-state index contributed by atoms with van der Waals surface area (Å²) >= 11 is 1.33. The van der Waals surface area contributed by atoms with E-state index in [1.54, 1.807) is 17.8 Å². The van der Waals surface area contributed by atoms with Crippen LogP contribution in [0.4, 0.5) is 4.79 Å². The molecule has 1 aliphatic heterocycles. The van der Waals surface area contributed by atoms with Crippen molar-refractivity contribution in [3.05, 3.63) is 16.4 Å². The molecule has 2 heterocycles. The number of urea groups is 1. The Labute approximate surface area is 150 Å². The van der Waals surface area contributed by atoms with Gasteiger partial charge in [0.2, 0.25) is 0 Å². The average molecular weight is 364 g/mol. The highest BCUT2D eigenvalue weighted by Crippen LogP contribution is 2.46. The Balaban J connectivity index is 1.80. The lowest BCUT2D eigenvalue weighted by molar-refractivity contribution is -0.137. The highest BCUT2D eigenvalue weighted by atomic mass is 32.1. The second-order valence-corrected chi connectivity index (χ2v) is 8.93. The second-order valence-electron chi connectivity index (χ2n) is 8.06. The number of carbonyl (C=O) groups excluding carboxylic acids is 3. The number of aryl methyl sites for hydroxylation is 1. The third-order valence-electron chi connectivity index (χ3n) is 4.90. The van der Waals surface area contributed by atoms with Gasteiger partial charge in [-0.25, -0.2) is 4.79 Å². The van der Waals surface area contributed by atoms with Crippen LogP contribution in [0.3, 0.4) is 0 Å². The van der Waals surface area contributed by atoms with Gasteiger partial charge < -0.3 is 9.88 Å². The molecule has 1 aromatic rings. The molecule has 8 heteroatoms. The molecule has 0 bridgehead atoms. The zero-order valence-corrected chi connectivity index (χ0v) is 15.9. The van der Waals surface area contributed by atoms with E-state index < -0.39 is 17.5 Å². The van der Waals surface area contributed by atoms with Crippen LogP contribution in [0.1, 0.15) is 40.0 Å². The number of hydrogen-bond acceptors (Lipinski definition) is 4. The Morgan fingerprint density at radius 3 is 2.72 bits per heavy atom. The third-order valence-corrected chi connectivity index (χ3v) is 5.75. The Morgan fingerprint density at radius 1 is 1.40 bits per heavy atom. The van der Waals surface area contributed by atoms with E-state index in [0.29, 0.717) is 23.6 Å². The van der Waals surface area contributed by atoms with Gasteiger partial charge >= 0.3 is 6.03 Å². The number of imide groups is 1. The first kappa shape index (κ1) is 17.8. The molecular formula is C17H24N4O3S. The molecule has 25 heavy (non-hydrogen) atoms. The highest BCUT2D eigenvalue weighted by molar-refractivity contribution is 7.07. The summed E-state index contributed by atoms with van der Waals surface area (Å²) < 4.78 is 1.72. The summed E-state index contributed by atoms with van der Waals surface area (Å²) in [5.74, 6) is -0.462. The van der Waals surface area contributed by atoms with Crippen LogP contribution >= 0.6 is 11.3 Å². The van der Waals surface area contributed by atoms with E-state index in [1.165, 1.54) is 11.3 Å². The number of rotatable bonds is 2. The Kier molecular flexibility index (Phi) is 4.35. The van der Waals surface area contributed by atoms with Crippen LogP contribution in [0.5, 0.6) is 0 Å². The van der Waals surface area contributed by atoms with Gasteiger partial charge in [0.1, 0.15) is 12.1 Å². The molecule has 2 unspecified atom stereocenters. The predicted octanol–water partition coefficient (Wildman–Crippen LogP) is 1.65. The molecule has 1 N–H and O–H groups in total. The van der Waals surface area contributed by atoms with Crippen molar-refractivity contribution in [2.75, 3.05) is 6.54 Å². The number of amides is 4. The first-order valence-electron chi connectivity index (χ1n) is 8.44. The molecule has 1 aromatic heterocycles. The summed E-state index contributed by atoms with van der Waals surface area (Å²) in [4.78, 5) is 43.1. The summed E-state index contributed by atoms with van der Waals surface area (Å²) in [6, 6.07) is -0.492. The molecule has 1 saturated heterocycles. The van der Waals surface area contributed by atoms with E-state index in [1.807, 2.05) is 5.38 Å². The lowest BCUT2D eigenvalue weighted by atomic mass is 9.64. The third kappa shape index (κ3) is 3.40. The van der Waals surface area contributed by atoms with Gasteiger partial charge in [-0.15, -0.1) is 11.3 Å². The molecule has 0 radical (unpaired) electrons. The van der Waals surface area contributed by atoms with Crippen LogP contribution in [0, 0.1) is 11.3 Å². The van der Waals surface area contributed by atoms with Crippen LogP contribution in [-0.4, -0.2) is 39.4 Å². The van der Waals surface area contributed by atoms with Crippen LogP contribution in [0.25, 0.3) is 0 Å². The molecule has 7 nitrogen and oxygen atoms in total. The van der Waals surface area contributed by atoms with Crippen molar-refractivity contribution in [1.29, 1.82) is 0 Å². The Hall–Kier alpha value is -1.96. The van der Waals surface area contributed by atoms with Crippen LogP contribution in [0.2, 0.25) is 0 Å². The molecule has 2 atom stereocenters. The number of nitrogens with one attached hydrogen (secondary N) is 1. The molecule has 136 valence electrons.